The minimum Gasteiger partial charge on any atom is -0.338 e. The van der Waals surface area contributed by atoms with E-state index in [0.717, 1.165) is 19.3 Å². The highest BCUT2D eigenvalue weighted by molar-refractivity contribution is 6.33. The van der Waals surface area contributed by atoms with Gasteiger partial charge < -0.3 is 4.90 Å². The molecule has 1 fully saturated rings. The maximum Gasteiger partial charge on any atom is 0.300 e. The fourth-order valence-corrected chi connectivity index (χ4v) is 2.75. The average molecular weight is 297 g/mol. The second-order valence-electron chi connectivity index (χ2n) is 5.22. The van der Waals surface area contributed by atoms with Crippen LogP contribution in [0.4, 0.5) is 5.69 Å². The van der Waals surface area contributed by atoms with Gasteiger partial charge in [0.2, 0.25) is 0 Å². The minimum atomic E-state index is -0.587. The number of nitrogens with zero attached hydrogens (tertiary/aromatic N) is 2. The van der Waals surface area contributed by atoms with Crippen molar-refractivity contribution in [1.29, 1.82) is 0 Å². The van der Waals surface area contributed by atoms with Crippen LogP contribution in [-0.4, -0.2) is 28.8 Å². The first-order chi connectivity index (χ1) is 9.50. The predicted octanol–water partition coefficient (Wildman–Crippen LogP) is 3.51. The highest BCUT2D eigenvalue weighted by Gasteiger charge is 2.28. The van der Waals surface area contributed by atoms with Crippen molar-refractivity contribution in [2.24, 2.45) is 5.92 Å². The molecule has 20 heavy (non-hydrogen) atoms. The van der Waals surface area contributed by atoms with Crippen LogP contribution in [0.3, 0.4) is 0 Å². The van der Waals surface area contributed by atoms with Gasteiger partial charge in [0.05, 0.1) is 4.92 Å². The molecule has 0 aromatic heterocycles. The van der Waals surface area contributed by atoms with E-state index in [0.29, 0.717) is 19.0 Å². The molecule has 1 amide bonds. The van der Waals surface area contributed by atoms with Crippen LogP contribution in [0.1, 0.15) is 36.5 Å². The fourth-order valence-electron chi connectivity index (χ4n) is 2.51. The van der Waals surface area contributed by atoms with E-state index >= 15 is 0 Å². The van der Waals surface area contributed by atoms with E-state index in [-0.39, 0.29) is 22.2 Å². The van der Waals surface area contributed by atoms with E-state index < -0.39 is 4.92 Å². The Morgan fingerprint density at radius 1 is 1.40 bits per heavy atom. The molecule has 0 saturated carbocycles. The highest BCUT2D eigenvalue weighted by Crippen LogP contribution is 2.30. The SMILES string of the molecule is CC1CCCN(C(=O)c2cccc(Cl)c2[N+](=O)[O-])CC1. The Labute approximate surface area is 122 Å². The Balaban J connectivity index is 2.29. The van der Waals surface area contributed by atoms with Gasteiger partial charge in [-0.05, 0) is 37.3 Å². The molecule has 1 aliphatic heterocycles. The summed E-state index contributed by atoms with van der Waals surface area (Å²) in [5.74, 6) is 0.287. The van der Waals surface area contributed by atoms with Crippen LogP contribution in [-0.2, 0) is 0 Å². The molecular weight excluding hydrogens is 280 g/mol. The number of halogens is 1. The molecule has 6 heteroatoms. The molecule has 5 nitrogen and oxygen atoms in total. The number of carbonyl (C=O) groups excluding carboxylic acids is 1. The summed E-state index contributed by atoms with van der Waals surface area (Å²) in [4.78, 5) is 24.7. The van der Waals surface area contributed by atoms with Crippen molar-refractivity contribution >= 4 is 23.2 Å². The van der Waals surface area contributed by atoms with Crippen molar-refractivity contribution in [3.05, 3.63) is 38.9 Å². The number of nitro groups is 1. The standard InChI is InChI=1S/C14H17ClN2O3/c1-10-4-3-8-16(9-7-10)14(18)11-5-2-6-12(15)13(11)17(19)20/h2,5-6,10H,3-4,7-9H2,1H3. The van der Waals surface area contributed by atoms with Gasteiger partial charge >= 0.3 is 5.69 Å². The second-order valence-corrected chi connectivity index (χ2v) is 5.63. The summed E-state index contributed by atoms with van der Waals surface area (Å²) in [6.07, 6.45) is 2.95. The molecule has 2 rings (SSSR count). The van der Waals surface area contributed by atoms with E-state index in [1.165, 1.54) is 12.1 Å². The molecule has 1 aromatic rings. The molecule has 0 N–H and O–H groups in total. The van der Waals surface area contributed by atoms with E-state index in [1.54, 1.807) is 11.0 Å². The first kappa shape index (κ1) is 14.8. The lowest BCUT2D eigenvalue weighted by atomic mass is 10.0. The molecule has 0 aliphatic carbocycles. The number of hydrogen-bond acceptors (Lipinski definition) is 3. The molecular formula is C14H17ClN2O3. The zero-order valence-electron chi connectivity index (χ0n) is 11.3. The number of hydrogen-bond donors (Lipinski definition) is 0. The van der Waals surface area contributed by atoms with Gasteiger partial charge in [0.1, 0.15) is 10.6 Å². The van der Waals surface area contributed by atoms with Crippen molar-refractivity contribution < 1.29 is 9.72 Å². The molecule has 0 spiro atoms. The predicted molar refractivity (Wildman–Crippen MR) is 77.0 cm³/mol. The van der Waals surface area contributed by atoms with Crippen molar-refractivity contribution in [2.75, 3.05) is 13.1 Å². The Hall–Kier alpha value is -1.62. The molecule has 1 aliphatic rings. The third-order valence-electron chi connectivity index (χ3n) is 3.70. The molecule has 1 unspecified atom stereocenters. The maximum absolute atomic E-state index is 12.5. The number of carbonyl (C=O) groups is 1. The first-order valence-electron chi connectivity index (χ1n) is 6.73. The van der Waals surface area contributed by atoms with Crippen LogP contribution >= 0.6 is 11.6 Å². The van der Waals surface area contributed by atoms with Gasteiger partial charge in [0.15, 0.2) is 0 Å². The Morgan fingerprint density at radius 2 is 2.15 bits per heavy atom. The lowest BCUT2D eigenvalue weighted by Crippen LogP contribution is -2.32. The topological polar surface area (TPSA) is 63.5 Å². The minimum absolute atomic E-state index is 0.00374. The molecule has 0 bridgehead atoms. The number of likely N-dealkylation sites (tertiary alicyclic amines) is 1. The van der Waals surface area contributed by atoms with Gasteiger partial charge in [-0.25, -0.2) is 0 Å². The Morgan fingerprint density at radius 3 is 2.85 bits per heavy atom. The van der Waals surface area contributed by atoms with Crippen molar-refractivity contribution in [1.82, 2.24) is 4.90 Å². The zero-order valence-corrected chi connectivity index (χ0v) is 12.1. The van der Waals surface area contributed by atoms with Gasteiger partial charge in [-0.3, -0.25) is 14.9 Å². The summed E-state index contributed by atoms with van der Waals surface area (Å²) in [7, 11) is 0. The third kappa shape index (κ3) is 3.10. The van der Waals surface area contributed by atoms with Crippen molar-refractivity contribution in [2.45, 2.75) is 26.2 Å². The van der Waals surface area contributed by atoms with Crippen LogP contribution < -0.4 is 0 Å². The smallest absolute Gasteiger partial charge is 0.300 e. The molecule has 108 valence electrons. The Kier molecular flexibility index (Phi) is 4.60. The van der Waals surface area contributed by atoms with Crippen LogP contribution in [0.2, 0.25) is 5.02 Å². The van der Waals surface area contributed by atoms with Crippen molar-refractivity contribution in [3.63, 3.8) is 0 Å². The number of nitro benzene ring substituents is 1. The number of amides is 1. The van der Waals surface area contributed by atoms with Gasteiger partial charge in [0, 0.05) is 13.1 Å². The summed E-state index contributed by atoms with van der Waals surface area (Å²) in [6.45, 7) is 3.45. The van der Waals surface area contributed by atoms with Crippen LogP contribution in [0.15, 0.2) is 18.2 Å². The van der Waals surface area contributed by atoms with Gasteiger partial charge in [-0.15, -0.1) is 0 Å². The highest BCUT2D eigenvalue weighted by atomic mass is 35.5. The van der Waals surface area contributed by atoms with E-state index in [2.05, 4.69) is 6.92 Å². The second kappa shape index (κ2) is 6.22. The number of para-hydroxylation sites is 1. The largest absolute Gasteiger partial charge is 0.338 e. The quantitative estimate of drug-likeness (QED) is 0.619. The summed E-state index contributed by atoms with van der Waals surface area (Å²) in [5, 5.41) is 11.1. The zero-order chi connectivity index (χ0) is 14.7. The summed E-state index contributed by atoms with van der Waals surface area (Å²) in [5.41, 5.74) is -0.214. The normalized spacial score (nSPS) is 19.5. The molecule has 1 aromatic carbocycles. The molecule has 1 heterocycles. The number of rotatable bonds is 2. The number of benzene rings is 1. The van der Waals surface area contributed by atoms with Crippen LogP contribution in [0.5, 0.6) is 0 Å². The van der Waals surface area contributed by atoms with Crippen molar-refractivity contribution in [3.8, 4) is 0 Å². The van der Waals surface area contributed by atoms with Gasteiger partial charge in [-0.2, -0.15) is 0 Å². The summed E-state index contributed by atoms with van der Waals surface area (Å²) >= 11 is 5.85. The van der Waals surface area contributed by atoms with Gasteiger partial charge in [0.25, 0.3) is 5.91 Å². The summed E-state index contributed by atoms with van der Waals surface area (Å²) < 4.78 is 0. The molecule has 1 saturated heterocycles. The summed E-state index contributed by atoms with van der Waals surface area (Å²) in [6, 6.07) is 4.48. The lowest BCUT2D eigenvalue weighted by Gasteiger charge is -2.20. The van der Waals surface area contributed by atoms with Crippen LogP contribution in [0, 0.1) is 16.0 Å². The van der Waals surface area contributed by atoms with Crippen LogP contribution in [0.25, 0.3) is 0 Å². The third-order valence-corrected chi connectivity index (χ3v) is 4.01. The monoisotopic (exact) mass is 296 g/mol. The van der Waals surface area contributed by atoms with E-state index in [1.807, 2.05) is 0 Å². The average Bonchev–Trinajstić information content (AvgIpc) is 2.62. The maximum atomic E-state index is 12.5. The lowest BCUT2D eigenvalue weighted by molar-refractivity contribution is -0.385. The van der Waals surface area contributed by atoms with E-state index in [4.69, 9.17) is 11.6 Å². The van der Waals surface area contributed by atoms with E-state index in [9.17, 15) is 14.9 Å². The first-order valence-corrected chi connectivity index (χ1v) is 7.10. The Bertz CT molecular complexity index is 533. The van der Waals surface area contributed by atoms with Gasteiger partial charge in [-0.1, -0.05) is 24.6 Å². The molecule has 0 radical (unpaired) electrons. The molecule has 1 atom stereocenters. The fraction of sp³-hybridized carbons (Fsp3) is 0.500.